The summed E-state index contributed by atoms with van der Waals surface area (Å²) < 4.78 is 0. The Morgan fingerprint density at radius 3 is 3.00 bits per heavy atom. The van der Waals surface area contributed by atoms with Gasteiger partial charge in [0.1, 0.15) is 6.07 Å². The number of fused-ring (bicyclic) bond motifs is 1. The van der Waals surface area contributed by atoms with Gasteiger partial charge >= 0.3 is 0 Å². The van der Waals surface area contributed by atoms with Crippen molar-refractivity contribution in [2.45, 2.75) is 32.7 Å². The van der Waals surface area contributed by atoms with Crippen LogP contribution in [0.15, 0.2) is 6.20 Å². The highest BCUT2D eigenvalue weighted by atomic mass is 16.2. The Kier molecular flexibility index (Phi) is 4.12. The van der Waals surface area contributed by atoms with E-state index in [2.05, 4.69) is 16.0 Å². The predicted molar refractivity (Wildman–Crippen MR) is 83.0 cm³/mol. The van der Waals surface area contributed by atoms with Crippen molar-refractivity contribution in [2.24, 2.45) is 5.92 Å². The number of pyridine rings is 1. The lowest BCUT2D eigenvalue weighted by Crippen LogP contribution is -2.43. The number of carbonyl (C=O) groups excluding carboxylic acids is 1. The number of rotatable bonds is 2. The van der Waals surface area contributed by atoms with Gasteiger partial charge < -0.3 is 4.90 Å². The van der Waals surface area contributed by atoms with E-state index in [1.54, 1.807) is 0 Å². The Morgan fingerprint density at radius 1 is 1.45 bits per heavy atom. The molecule has 3 rings (SSSR count). The second-order valence-corrected chi connectivity index (χ2v) is 6.50. The predicted octanol–water partition coefficient (Wildman–Crippen LogP) is 1.49. The van der Waals surface area contributed by atoms with Gasteiger partial charge in [-0.05, 0) is 36.8 Å². The van der Waals surface area contributed by atoms with Gasteiger partial charge in [-0.25, -0.2) is 0 Å². The molecule has 5 heteroatoms. The quantitative estimate of drug-likeness (QED) is 0.830. The molecule has 22 heavy (non-hydrogen) atoms. The highest BCUT2D eigenvalue weighted by Gasteiger charge is 2.27. The summed E-state index contributed by atoms with van der Waals surface area (Å²) in [6, 6.07) is 2.31. The summed E-state index contributed by atoms with van der Waals surface area (Å²) in [5.74, 6) is 0.816. The summed E-state index contributed by atoms with van der Waals surface area (Å²) in [6.07, 6.45) is 4.50. The Balaban J connectivity index is 1.68. The van der Waals surface area contributed by atoms with Crippen LogP contribution in [0.4, 0.5) is 0 Å². The van der Waals surface area contributed by atoms with Crippen molar-refractivity contribution < 1.29 is 4.79 Å². The van der Waals surface area contributed by atoms with Gasteiger partial charge in [0, 0.05) is 45.8 Å². The van der Waals surface area contributed by atoms with Crippen molar-refractivity contribution in [3.8, 4) is 6.07 Å². The fourth-order valence-corrected chi connectivity index (χ4v) is 3.63. The van der Waals surface area contributed by atoms with Crippen molar-refractivity contribution >= 4 is 5.91 Å². The summed E-state index contributed by atoms with van der Waals surface area (Å²) in [6.45, 7) is 5.63. The molecule has 0 aromatic carbocycles. The lowest BCUT2D eigenvalue weighted by Gasteiger charge is -2.36. The zero-order chi connectivity index (χ0) is 15.7. The topological polar surface area (TPSA) is 60.2 Å². The van der Waals surface area contributed by atoms with Crippen LogP contribution in [0.5, 0.6) is 0 Å². The molecule has 1 amide bonds. The molecule has 1 fully saturated rings. The van der Waals surface area contributed by atoms with Crippen molar-refractivity contribution in [1.29, 1.82) is 5.26 Å². The normalized spacial score (nSPS) is 22.3. The molecule has 1 atom stereocenters. The van der Waals surface area contributed by atoms with Gasteiger partial charge in [-0.1, -0.05) is 0 Å². The molecule has 0 radical (unpaired) electrons. The Labute approximate surface area is 131 Å². The van der Waals surface area contributed by atoms with Crippen molar-refractivity contribution in [2.75, 3.05) is 26.7 Å². The fourth-order valence-electron chi connectivity index (χ4n) is 3.63. The number of aromatic nitrogens is 1. The standard InChI is InChI=1S/C17H22N4O/c1-12-16(7-18)15-5-6-21(11-14(15)8-19-12)10-13-3-4-17(22)20(2)9-13/h8,13H,3-6,9-11H2,1-2H3. The number of hydrogen-bond donors (Lipinski definition) is 0. The first-order valence-corrected chi connectivity index (χ1v) is 7.92. The van der Waals surface area contributed by atoms with Crippen LogP contribution in [0.3, 0.4) is 0 Å². The summed E-state index contributed by atoms with van der Waals surface area (Å²) >= 11 is 0. The zero-order valence-electron chi connectivity index (χ0n) is 13.3. The van der Waals surface area contributed by atoms with E-state index in [0.717, 1.165) is 50.3 Å². The highest BCUT2D eigenvalue weighted by molar-refractivity contribution is 5.76. The van der Waals surface area contributed by atoms with Gasteiger partial charge in [-0.15, -0.1) is 0 Å². The summed E-state index contributed by atoms with van der Waals surface area (Å²) in [5.41, 5.74) is 3.97. The SMILES string of the molecule is Cc1ncc2c(c1C#N)CCN(CC1CCC(=O)N(C)C1)C2. The van der Waals surface area contributed by atoms with E-state index >= 15 is 0 Å². The number of amides is 1. The third kappa shape index (κ3) is 2.84. The fraction of sp³-hybridized carbons (Fsp3) is 0.588. The molecule has 0 saturated carbocycles. The van der Waals surface area contributed by atoms with Crippen LogP contribution in [-0.4, -0.2) is 47.4 Å². The van der Waals surface area contributed by atoms with E-state index in [-0.39, 0.29) is 5.91 Å². The van der Waals surface area contributed by atoms with E-state index in [1.807, 2.05) is 25.1 Å². The van der Waals surface area contributed by atoms with E-state index in [1.165, 1.54) is 11.1 Å². The van der Waals surface area contributed by atoms with Crippen LogP contribution in [0.1, 0.15) is 35.2 Å². The third-order valence-electron chi connectivity index (χ3n) is 4.89. The molecule has 1 unspecified atom stereocenters. The highest BCUT2D eigenvalue weighted by Crippen LogP contribution is 2.25. The molecule has 1 saturated heterocycles. The molecule has 3 heterocycles. The zero-order valence-corrected chi connectivity index (χ0v) is 13.3. The maximum atomic E-state index is 11.6. The molecule has 0 spiro atoms. The van der Waals surface area contributed by atoms with Crippen LogP contribution >= 0.6 is 0 Å². The number of carbonyl (C=O) groups is 1. The first-order valence-electron chi connectivity index (χ1n) is 7.92. The van der Waals surface area contributed by atoms with Gasteiger partial charge in [0.2, 0.25) is 5.91 Å². The second-order valence-electron chi connectivity index (χ2n) is 6.50. The molecule has 1 aromatic rings. The largest absolute Gasteiger partial charge is 0.345 e. The van der Waals surface area contributed by atoms with Gasteiger partial charge in [0.05, 0.1) is 11.3 Å². The summed E-state index contributed by atoms with van der Waals surface area (Å²) in [4.78, 5) is 20.2. The lowest BCUT2D eigenvalue weighted by atomic mass is 9.93. The first kappa shape index (κ1) is 15.0. The van der Waals surface area contributed by atoms with E-state index in [0.29, 0.717) is 12.3 Å². The average molecular weight is 298 g/mol. The average Bonchev–Trinajstić information content (AvgIpc) is 2.51. The minimum absolute atomic E-state index is 0.263. The number of aryl methyl sites for hydroxylation is 1. The number of hydrogen-bond acceptors (Lipinski definition) is 4. The number of piperidine rings is 1. The third-order valence-corrected chi connectivity index (χ3v) is 4.89. The number of nitrogens with zero attached hydrogens (tertiary/aromatic N) is 4. The van der Waals surface area contributed by atoms with Crippen LogP contribution in [-0.2, 0) is 17.8 Å². The molecule has 2 aliphatic heterocycles. The summed E-state index contributed by atoms with van der Waals surface area (Å²) in [5, 5.41) is 9.31. The molecular formula is C17H22N4O. The van der Waals surface area contributed by atoms with Crippen molar-refractivity contribution in [1.82, 2.24) is 14.8 Å². The second kappa shape index (κ2) is 6.05. The lowest BCUT2D eigenvalue weighted by molar-refractivity contribution is -0.133. The smallest absolute Gasteiger partial charge is 0.222 e. The van der Waals surface area contributed by atoms with E-state index < -0.39 is 0 Å². The Bertz CT molecular complexity index is 634. The molecule has 0 aliphatic carbocycles. The Morgan fingerprint density at radius 2 is 2.27 bits per heavy atom. The van der Waals surface area contributed by atoms with E-state index in [4.69, 9.17) is 0 Å². The molecular weight excluding hydrogens is 276 g/mol. The first-order chi connectivity index (χ1) is 10.6. The molecule has 116 valence electrons. The molecule has 0 bridgehead atoms. The minimum atomic E-state index is 0.263. The molecule has 0 N–H and O–H groups in total. The Hall–Kier alpha value is -1.93. The van der Waals surface area contributed by atoms with Crippen molar-refractivity contribution in [3.63, 3.8) is 0 Å². The number of nitriles is 1. The molecule has 2 aliphatic rings. The van der Waals surface area contributed by atoms with Gasteiger partial charge in [-0.3, -0.25) is 14.7 Å². The van der Waals surface area contributed by atoms with Crippen molar-refractivity contribution in [3.05, 3.63) is 28.6 Å². The van der Waals surface area contributed by atoms with Crippen LogP contribution in [0.2, 0.25) is 0 Å². The summed E-state index contributed by atoms with van der Waals surface area (Å²) in [7, 11) is 1.89. The maximum Gasteiger partial charge on any atom is 0.222 e. The van der Waals surface area contributed by atoms with Crippen LogP contribution < -0.4 is 0 Å². The maximum absolute atomic E-state index is 11.6. The van der Waals surface area contributed by atoms with Gasteiger partial charge in [-0.2, -0.15) is 5.26 Å². The van der Waals surface area contributed by atoms with Gasteiger partial charge in [0.15, 0.2) is 0 Å². The molecule has 1 aromatic heterocycles. The monoisotopic (exact) mass is 298 g/mol. The van der Waals surface area contributed by atoms with E-state index in [9.17, 15) is 10.1 Å². The van der Waals surface area contributed by atoms with Crippen LogP contribution in [0.25, 0.3) is 0 Å². The van der Waals surface area contributed by atoms with Crippen LogP contribution in [0, 0.1) is 24.2 Å². The minimum Gasteiger partial charge on any atom is -0.345 e. The number of likely N-dealkylation sites (tertiary alicyclic amines) is 1. The van der Waals surface area contributed by atoms with Gasteiger partial charge in [0.25, 0.3) is 0 Å². The molecule has 5 nitrogen and oxygen atoms in total.